The molecule has 1 unspecified atom stereocenters. The highest BCUT2D eigenvalue weighted by Gasteiger charge is 2.32. The van der Waals surface area contributed by atoms with Crippen LogP contribution in [0.5, 0.6) is 0 Å². The summed E-state index contributed by atoms with van der Waals surface area (Å²) in [4.78, 5) is 14.6. The molecule has 23 heavy (non-hydrogen) atoms. The van der Waals surface area contributed by atoms with Gasteiger partial charge in [0.1, 0.15) is 5.76 Å². The van der Waals surface area contributed by atoms with E-state index in [4.69, 9.17) is 16.0 Å². The molecule has 122 valence electrons. The van der Waals surface area contributed by atoms with Gasteiger partial charge in [-0.15, -0.1) is 0 Å². The van der Waals surface area contributed by atoms with E-state index in [2.05, 4.69) is 13.8 Å². The molecule has 1 atom stereocenters. The molecule has 3 rings (SSSR count). The molecular formula is C19H22ClNO2. The molecule has 1 aliphatic rings. The fourth-order valence-corrected chi connectivity index (χ4v) is 3.36. The number of halogens is 1. The summed E-state index contributed by atoms with van der Waals surface area (Å²) in [6, 6.07) is 11.7. The largest absolute Gasteiger partial charge is 0.469 e. The topological polar surface area (TPSA) is 33.5 Å². The minimum absolute atomic E-state index is 0.204. The van der Waals surface area contributed by atoms with Crippen LogP contribution in [-0.2, 0) is 10.2 Å². The first-order valence-electron chi connectivity index (χ1n) is 8.03. The number of rotatable bonds is 4. The molecule has 4 heteroatoms. The third-order valence-corrected chi connectivity index (χ3v) is 4.96. The van der Waals surface area contributed by atoms with E-state index in [-0.39, 0.29) is 11.3 Å². The molecular weight excluding hydrogens is 310 g/mol. The van der Waals surface area contributed by atoms with Gasteiger partial charge in [0.05, 0.1) is 6.26 Å². The van der Waals surface area contributed by atoms with E-state index in [1.54, 1.807) is 6.26 Å². The van der Waals surface area contributed by atoms with Crippen LogP contribution in [0.1, 0.15) is 43.9 Å². The second-order valence-electron chi connectivity index (χ2n) is 6.91. The van der Waals surface area contributed by atoms with Gasteiger partial charge in [-0.1, -0.05) is 37.6 Å². The van der Waals surface area contributed by atoms with Crippen molar-refractivity contribution in [1.82, 2.24) is 4.90 Å². The molecule has 0 bridgehead atoms. The number of furan rings is 1. The molecule has 1 aromatic carbocycles. The second-order valence-corrected chi connectivity index (χ2v) is 7.34. The number of carbonyl (C=O) groups is 1. The number of amides is 1. The van der Waals surface area contributed by atoms with Gasteiger partial charge in [0, 0.05) is 30.5 Å². The van der Waals surface area contributed by atoms with Crippen molar-refractivity contribution in [3.8, 4) is 0 Å². The zero-order chi connectivity index (χ0) is 16.4. The number of carbonyl (C=O) groups excluding carboxylic acids is 1. The summed E-state index contributed by atoms with van der Waals surface area (Å²) in [6.07, 6.45) is 3.17. The van der Waals surface area contributed by atoms with Crippen LogP contribution >= 0.6 is 11.6 Å². The van der Waals surface area contributed by atoms with Crippen molar-refractivity contribution in [2.24, 2.45) is 0 Å². The lowest BCUT2D eigenvalue weighted by Gasteiger charge is -2.27. The third-order valence-electron chi connectivity index (χ3n) is 4.71. The smallest absolute Gasteiger partial charge is 0.223 e. The van der Waals surface area contributed by atoms with Crippen LogP contribution < -0.4 is 0 Å². The maximum absolute atomic E-state index is 12.7. The van der Waals surface area contributed by atoms with E-state index >= 15 is 0 Å². The van der Waals surface area contributed by atoms with E-state index in [1.807, 2.05) is 41.3 Å². The average molecular weight is 332 g/mol. The van der Waals surface area contributed by atoms with Gasteiger partial charge in [0.15, 0.2) is 0 Å². The number of hydrogen-bond donors (Lipinski definition) is 0. The van der Waals surface area contributed by atoms with E-state index < -0.39 is 0 Å². The third kappa shape index (κ3) is 3.61. The Bertz CT molecular complexity index is 661. The van der Waals surface area contributed by atoms with Crippen molar-refractivity contribution in [1.29, 1.82) is 0 Å². The molecule has 1 fully saturated rings. The Balaban J connectivity index is 1.63. The average Bonchev–Trinajstić information content (AvgIpc) is 3.18. The molecule has 2 heterocycles. The molecule has 0 saturated carbocycles. The Kier molecular flexibility index (Phi) is 4.49. The molecule has 1 aliphatic heterocycles. The second kappa shape index (κ2) is 6.40. The van der Waals surface area contributed by atoms with Crippen molar-refractivity contribution in [3.63, 3.8) is 0 Å². The number of benzene rings is 1. The Labute approximate surface area is 142 Å². The molecule has 0 aliphatic carbocycles. The minimum Gasteiger partial charge on any atom is -0.469 e. The Morgan fingerprint density at radius 2 is 2.04 bits per heavy atom. The molecule has 0 N–H and O–H groups in total. The predicted octanol–water partition coefficient (Wildman–Crippen LogP) is 4.62. The Morgan fingerprint density at radius 1 is 1.30 bits per heavy atom. The van der Waals surface area contributed by atoms with E-state index in [1.165, 1.54) is 0 Å². The Hall–Kier alpha value is -1.74. The molecule has 1 saturated heterocycles. The quantitative estimate of drug-likeness (QED) is 0.819. The normalized spacial score (nSPS) is 18.4. The van der Waals surface area contributed by atoms with E-state index in [0.29, 0.717) is 12.3 Å². The maximum Gasteiger partial charge on any atom is 0.223 e. The lowest BCUT2D eigenvalue weighted by molar-refractivity contribution is -0.131. The van der Waals surface area contributed by atoms with Gasteiger partial charge in [0.2, 0.25) is 5.91 Å². The van der Waals surface area contributed by atoms with Crippen LogP contribution in [0.4, 0.5) is 0 Å². The van der Waals surface area contributed by atoms with Gasteiger partial charge >= 0.3 is 0 Å². The molecule has 1 aromatic heterocycles. The molecule has 0 radical (unpaired) electrons. The minimum atomic E-state index is -0.204. The van der Waals surface area contributed by atoms with Gasteiger partial charge in [-0.2, -0.15) is 0 Å². The first kappa shape index (κ1) is 16.1. The first-order chi connectivity index (χ1) is 11.0. The standard InChI is InChI=1S/C19H22ClNO2/c1-19(2,15-5-7-16(20)8-6-15)12-18(22)21-10-9-14(13-21)17-4-3-11-23-17/h3-8,11,14H,9-10,12-13H2,1-2H3. The van der Waals surface area contributed by atoms with Gasteiger partial charge in [0.25, 0.3) is 0 Å². The van der Waals surface area contributed by atoms with Gasteiger partial charge < -0.3 is 9.32 Å². The van der Waals surface area contributed by atoms with E-state index in [0.717, 1.165) is 35.9 Å². The van der Waals surface area contributed by atoms with Gasteiger partial charge in [-0.05, 0) is 41.7 Å². The van der Waals surface area contributed by atoms with Crippen LogP contribution in [0, 0.1) is 0 Å². The zero-order valence-corrected chi connectivity index (χ0v) is 14.3. The van der Waals surface area contributed by atoms with Crippen molar-refractivity contribution in [2.45, 2.75) is 38.0 Å². The van der Waals surface area contributed by atoms with Crippen molar-refractivity contribution in [3.05, 3.63) is 59.0 Å². The predicted molar refractivity (Wildman–Crippen MR) is 91.7 cm³/mol. The van der Waals surface area contributed by atoms with Crippen molar-refractivity contribution < 1.29 is 9.21 Å². The summed E-state index contributed by atoms with van der Waals surface area (Å²) >= 11 is 5.95. The lowest BCUT2D eigenvalue weighted by atomic mass is 9.81. The number of nitrogens with zero attached hydrogens (tertiary/aromatic N) is 1. The van der Waals surface area contributed by atoms with Crippen molar-refractivity contribution >= 4 is 17.5 Å². The van der Waals surface area contributed by atoms with E-state index in [9.17, 15) is 4.79 Å². The van der Waals surface area contributed by atoms with Crippen LogP contribution in [0.15, 0.2) is 47.1 Å². The van der Waals surface area contributed by atoms with Gasteiger partial charge in [-0.25, -0.2) is 0 Å². The molecule has 3 nitrogen and oxygen atoms in total. The summed E-state index contributed by atoms with van der Waals surface area (Å²) in [5.41, 5.74) is 0.932. The fraction of sp³-hybridized carbons (Fsp3) is 0.421. The first-order valence-corrected chi connectivity index (χ1v) is 8.41. The summed E-state index contributed by atoms with van der Waals surface area (Å²) < 4.78 is 5.48. The summed E-state index contributed by atoms with van der Waals surface area (Å²) in [5.74, 6) is 1.52. The van der Waals surface area contributed by atoms with Crippen LogP contribution in [-0.4, -0.2) is 23.9 Å². The summed E-state index contributed by atoms with van der Waals surface area (Å²) in [7, 11) is 0. The fourth-order valence-electron chi connectivity index (χ4n) is 3.24. The zero-order valence-electron chi connectivity index (χ0n) is 13.6. The Morgan fingerprint density at radius 3 is 2.70 bits per heavy atom. The van der Waals surface area contributed by atoms with Crippen LogP contribution in [0.2, 0.25) is 5.02 Å². The molecule has 2 aromatic rings. The van der Waals surface area contributed by atoms with Crippen LogP contribution in [0.3, 0.4) is 0 Å². The number of likely N-dealkylation sites (tertiary alicyclic amines) is 1. The van der Waals surface area contributed by atoms with Crippen molar-refractivity contribution in [2.75, 3.05) is 13.1 Å². The SMILES string of the molecule is CC(C)(CC(=O)N1CCC(c2ccco2)C1)c1ccc(Cl)cc1. The highest BCUT2D eigenvalue weighted by molar-refractivity contribution is 6.30. The maximum atomic E-state index is 12.7. The lowest BCUT2D eigenvalue weighted by Crippen LogP contribution is -2.34. The highest BCUT2D eigenvalue weighted by atomic mass is 35.5. The summed E-state index contributed by atoms with van der Waals surface area (Å²) in [5, 5.41) is 0.719. The van der Waals surface area contributed by atoms with Crippen LogP contribution in [0.25, 0.3) is 0 Å². The monoisotopic (exact) mass is 331 g/mol. The number of hydrogen-bond acceptors (Lipinski definition) is 2. The highest BCUT2D eigenvalue weighted by Crippen LogP contribution is 2.32. The molecule has 0 spiro atoms. The molecule has 1 amide bonds. The van der Waals surface area contributed by atoms with Gasteiger partial charge in [-0.3, -0.25) is 4.79 Å². The summed E-state index contributed by atoms with van der Waals surface area (Å²) in [6.45, 7) is 5.77.